The number of imidazole rings is 1. The quantitative estimate of drug-likeness (QED) is 0.883. The third-order valence-corrected chi connectivity index (χ3v) is 3.18. The Bertz CT molecular complexity index is 519. The van der Waals surface area contributed by atoms with Crippen molar-refractivity contribution >= 4 is 17.0 Å². The van der Waals surface area contributed by atoms with Gasteiger partial charge in [-0.25, -0.2) is 4.98 Å². The van der Waals surface area contributed by atoms with Gasteiger partial charge in [-0.2, -0.15) is 0 Å². The molecule has 1 unspecified atom stereocenters. The number of aromatic nitrogens is 2. The zero-order valence-electron chi connectivity index (χ0n) is 10.6. The highest BCUT2D eigenvalue weighted by molar-refractivity contribution is 5.84. The standard InChI is InChI=1S/C13H19N3O/c1-4-9(2)8-16-10-6-5-7-11(17-3)12(10)15-13(16)14/h5-7,9H,4,8H2,1-3H3,(H2,14,15). The van der Waals surface area contributed by atoms with Gasteiger partial charge >= 0.3 is 0 Å². The molecule has 92 valence electrons. The molecule has 4 nitrogen and oxygen atoms in total. The molecule has 1 heterocycles. The summed E-state index contributed by atoms with van der Waals surface area (Å²) in [6.07, 6.45) is 1.13. The summed E-state index contributed by atoms with van der Waals surface area (Å²) in [6.45, 7) is 5.29. The summed E-state index contributed by atoms with van der Waals surface area (Å²) in [4.78, 5) is 4.39. The Balaban J connectivity index is 2.52. The van der Waals surface area contributed by atoms with Crippen molar-refractivity contribution in [2.75, 3.05) is 12.8 Å². The molecule has 0 aliphatic heterocycles. The molecule has 0 saturated heterocycles. The fourth-order valence-electron chi connectivity index (χ4n) is 1.94. The number of rotatable bonds is 4. The van der Waals surface area contributed by atoms with E-state index in [4.69, 9.17) is 10.5 Å². The Hall–Kier alpha value is -1.71. The molecule has 1 aromatic carbocycles. The zero-order valence-corrected chi connectivity index (χ0v) is 10.6. The fourth-order valence-corrected chi connectivity index (χ4v) is 1.94. The molecule has 0 radical (unpaired) electrons. The van der Waals surface area contributed by atoms with Crippen LogP contribution < -0.4 is 10.5 Å². The molecule has 4 heteroatoms. The van der Waals surface area contributed by atoms with E-state index >= 15 is 0 Å². The highest BCUT2D eigenvalue weighted by Gasteiger charge is 2.13. The molecule has 17 heavy (non-hydrogen) atoms. The summed E-state index contributed by atoms with van der Waals surface area (Å²) in [5.41, 5.74) is 7.86. The van der Waals surface area contributed by atoms with Gasteiger partial charge in [-0.3, -0.25) is 0 Å². The molecular formula is C13H19N3O. The third-order valence-electron chi connectivity index (χ3n) is 3.18. The predicted molar refractivity (Wildman–Crippen MR) is 70.2 cm³/mol. The Morgan fingerprint density at radius 3 is 2.88 bits per heavy atom. The highest BCUT2D eigenvalue weighted by atomic mass is 16.5. The second-order valence-corrected chi connectivity index (χ2v) is 4.42. The first kappa shape index (κ1) is 11.8. The van der Waals surface area contributed by atoms with E-state index in [9.17, 15) is 0 Å². The van der Waals surface area contributed by atoms with Crippen molar-refractivity contribution < 1.29 is 4.74 Å². The Labute approximate surface area is 101 Å². The fraction of sp³-hybridized carbons (Fsp3) is 0.462. The lowest BCUT2D eigenvalue weighted by molar-refractivity contribution is 0.419. The molecule has 0 amide bonds. The molecule has 0 aliphatic rings. The number of nitrogens with two attached hydrogens (primary N) is 1. The molecule has 2 aromatic rings. The van der Waals surface area contributed by atoms with Gasteiger partial charge in [0.1, 0.15) is 11.3 Å². The van der Waals surface area contributed by atoms with Crippen LogP contribution in [0.15, 0.2) is 18.2 Å². The topological polar surface area (TPSA) is 53.1 Å². The molecule has 2 N–H and O–H groups in total. The second kappa shape index (κ2) is 4.65. The van der Waals surface area contributed by atoms with Gasteiger partial charge in [0.2, 0.25) is 5.95 Å². The lowest BCUT2D eigenvalue weighted by Gasteiger charge is -2.11. The maximum Gasteiger partial charge on any atom is 0.201 e. The summed E-state index contributed by atoms with van der Waals surface area (Å²) in [5, 5.41) is 0. The van der Waals surface area contributed by atoms with Gasteiger partial charge in [-0.1, -0.05) is 26.3 Å². The molecule has 0 aliphatic carbocycles. The molecule has 1 aromatic heterocycles. The van der Waals surface area contributed by atoms with Crippen molar-refractivity contribution in [3.05, 3.63) is 18.2 Å². The molecule has 2 rings (SSSR count). The highest BCUT2D eigenvalue weighted by Crippen LogP contribution is 2.27. The molecule has 0 saturated carbocycles. The summed E-state index contributed by atoms with van der Waals surface area (Å²) in [7, 11) is 1.65. The van der Waals surface area contributed by atoms with Gasteiger partial charge in [0.15, 0.2) is 0 Å². The number of nitrogens with zero attached hydrogens (tertiary/aromatic N) is 2. The van der Waals surface area contributed by atoms with E-state index in [1.165, 1.54) is 0 Å². The summed E-state index contributed by atoms with van der Waals surface area (Å²) >= 11 is 0. The van der Waals surface area contributed by atoms with Crippen molar-refractivity contribution in [3.63, 3.8) is 0 Å². The van der Waals surface area contributed by atoms with E-state index in [-0.39, 0.29) is 0 Å². The minimum atomic E-state index is 0.560. The molecule has 0 spiro atoms. The molecular weight excluding hydrogens is 214 g/mol. The monoisotopic (exact) mass is 233 g/mol. The van der Waals surface area contributed by atoms with Crippen LogP contribution in [-0.2, 0) is 6.54 Å². The number of methoxy groups -OCH3 is 1. The first-order valence-electron chi connectivity index (χ1n) is 5.96. The van der Waals surface area contributed by atoms with Gasteiger partial charge < -0.3 is 15.0 Å². The van der Waals surface area contributed by atoms with Gasteiger partial charge in [0.05, 0.1) is 12.6 Å². The largest absolute Gasteiger partial charge is 0.494 e. The summed E-state index contributed by atoms with van der Waals surface area (Å²) in [5.74, 6) is 1.92. The van der Waals surface area contributed by atoms with Crippen LogP contribution in [0.5, 0.6) is 5.75 Å². The maximum atomic E-state index is 5.98. The van der Waals surface area contributed by atoms with Gasteiger partial charge in [0.25, 0.3) is 0 Å². The van der Waals surface area contributed by atoms with Crippen LogP contribution in [0.3, 0.4) is 0 Å². The van der Waals surface area contributed by atoms with Crippen molar-refractivity contribution in [2.45, 2.75) is 26.8 Å². The van der Waals surface area contributed by atoms with Crippen LogP contribution >= 0.6 is 0 Å². The van der Waals surface area contributed by atoms with Gasteiger partial charge in [-0.05, 0) is 18.1 Å². The summed E-state index contributed by atoms with van der Waals surface area (Å²) in [6, 6.07) is 5.90. The maximum absolute atomic E-state index is 5.98. The van der Waals surface area contributed by atoms with Gasteiger partial charge in [-0.15, -0.1) is 0 Å². The van der Waals surface area contributed by atoms with E-state index in [1.54, 1.807) is 7.11 Å². The van der Waals surface area contributed by atoms with Crippen molar-refractivity contribution in [3.8, 4) is 5.75 Å². The normalized spacial score (nSPS) is 12.9. The smallest absolute Gasteiger partial charge is 0.201 e. The Kier molecular flexibility index (Phi) is 3.22. The van der Waals surface area contributed by atoms with Crippen LogP contribution in [0.2, 0.25) is 0 Å². The number of hydrogen-bond donors (Lipinski definition) is 1. The first-order chi connectivity index (χ1) is 8.17. The number of fused-ring (bicyclic) bond motifs is 1. The first-order valence-corrected chi connectivity index (χ1v) is 5.96. The van der Waals surface area contributed by atoms with Crippen molar-refractivity contribution in [1.82, 2.24) is 9.55 Å². The minimum Gasteiger partial charge on any atom is -0.494 e. The lowest BCUT2D eigenvalue weighted by atomic mass is 10.1. The van der Waals surface area contributed by atoms with E-state index in [1.807, 2.05) is 18.2 Å². The number of benzene rings is 1. The average molecular weight is 233 g/mol. The minimum absolute atomic E-state index is 0.560. The number of anilines is 1. The SMILES string of the molecule is CCC(C)Cn1c(N)nc2c(OC)cccc21. The zero-order chi connectivity index (χ0) is 12.4. The van der Waals surface area contributed by atoms with Gasteiger partial charge in [0, 0.05) is 6.54 Å². The van der Waals surface area contributed by atoms with Crippen LogP contribution in [0.1, 0.15) is 20.3 Å². The van der Waals surface area contributed by atoms with Crippen molar-refractivity contribution in [2.24, 2.45) is 5.92 Å². The number of ether oxygens (including phenoxy) is 1. The van der Waals surface area contributed by atoms with E-state index in [0.29, 0.717) is 11.9 Å². The van der Waals surface area contributed by atoms with Crippen LogP contribution in [0, 0.1) is 5.92 Å². The molecule has 1 atom stereocenters. The Morgan fingerprint density at radius 1 is 1.47 bits per heavy atom. The van der Waals surface area contributed by atoms with Crippen LogP contribution in [0.4, 0.5) is 5.95 Å². The van der Waals surface area contributed by atoms with Crippen LogP contribution in [-0.4, -0.2) is 16.7 Å². The Morgan fingerprint density at radius 2 is 2.24 bits per heavy atom. The second-order valence-electron chi connectivity index (χ2n) is 4.42. The number of hydrogen-bond acceptors (Lipinski definition) is 3. The van der Waals surface area contributed by atoms with E-state index in [0.717, 1.165) is 29.7 Å². The predicted octanol–water partition coefficient (Wildman–Crippen LogP) is 2.67. The van der Waals surface area contributed by atoms with Crippen molar-refractivity contribution in [1.29, 1.82) is 0 Å². The summed E-state index contributed by atoms with van der Waals surface area (Å²) < 4.78 is 7.36. The lowest BCUT2D eigenvalue weighted by Crippen LogP contribution is -2.09. The average Bonchev–Trinajstić information content (AvgIpc) is 2.66. The van der Waals surface area contributed by atoms with E-state index < -0.39 is 0 Å². The molecule has 0 fully saturated rings. The number of para-hydroxylation sites is 1. The van der Waals surface area contributed by atoms with Crippen LogP contribution in [0.25, 0.3) is 11.0 Å². The van der Waals surface area contributed by atoms with E-state index in [2.05, 4.69) is 23.4 Å². The molecule has 0 bridgehead atoms. The third kappa shape index (κ3) is 2.07. The number of nitrogen functional groups attached to an aromatic ring is 1.